The second kappa shape index (κ2) is 10.0. The number of alkyl halides is 3. The average Bonchev–Trinajstić information content (AvgIpc) is 3.20. The number of carbonyl (C=O) groups is 2. The fraction of sp³-hybridized carbons (Fsp3) is 0.560. The van der Waals surface area contributed by atoms with E-state index in [0.29, 0.717) is 0 Å². The quantitative estimate of drug-likeness (QED) is 0.687. The zero-order valence-corrected chi connectivity index (χ0v) is 20.8. The van der Waals surface area contributed by atoms with Crippen LogP contribution in [0.15, 0.2) is 24.4 Å². The van der Waals surface area contributed by atoms with Crippen molar-refractivity contribution in [3.63, 3.8) is 0 Å². The van der Waals surface area contributed by atoms with Crippen molar-refractivity contribution in [2.24, 2.45) is 0 Å². The van der Waals surface area contributed by atoms with Gasteiger partial charge in [-0.25, -0.2) is 4.79 Å². The van der Waals surface area contributed by atoms with E-state index in [2.05, 4.69) is 50.8 Å². The number of aromatic nitrogens is 2. The van der Waals surface area contributed by atoms with Crippen LogP contribution in [-0.4, -0.2) is 69.4 Å². The largest absolute Gasteiger partial charge is 0.490 e. The maximum Gasteiger partial charge on any atom is 0.490 e. The van der Waals surface area contributed by atoms with Crippen molar-refractivity contribution in [1.29, 1.82) is 0 Å². The number of hydrogen-bond acceptors (Lipinski definition) is 4. The lowest BCUT2D eigenvalue weighted by Crippen LogP contribution is -2.53. The van der Waals surface area contributed by atoms with Gasteiger partial charge in [0.15, 0.2) is 0 Å². The fourth-order valence-corrected chi connectivity index (χ4v) is 4.96. The minimum Gasteiger partial charge on any atom is -0.475 e. The number of likely N-dealkylation sites (N-methyl/N-ethyl adjacent to an activating group) is 1. The molecule has 0 saturated carbocycles. The molecule has 1 amide bonds. The molecule has 1 saturated heterocycles. The summed E-state index contributed by atoms with van der Waals surface area (Å²) in [5.74, 6) is -2.64. The van der Waals surface area contributed by atoms with Gasteiger partial charge in [-0.3, -0.25) is 14.4 Å². The Morgan fingerprint density at radius 1 is 1.14 bits per heavy atom. The van der Waals surface area contributed by atoms with Gasteiger partial charge in [0, 0.05) is 37.8 Å². The molecule has 192 valence electrons. The fourth-order valence-electron chi connectivity index (χ4n) is 4.96. The molecule has 0 unspecified atom stereocenters. The van der Waals surface area contributed by atoms with Crippen LogP contribution < -0.4 is 0 Å². The van der Waals surface area contributed by atoms with Crippen molar-refractivity contribution in [3.05, 3.63) is 52.3 Å². The van der Waals surface area contributed by atoms with Gasteiger partial charge in [0.1, 0.15) is 0 Å². The lowest BCUT2D eigenvalue weighted by atomic mass is 9.72. The van der Waals surface area contributed by atoms with E-state index in [0.717, 1.165) is 50.3 Å². The first-order chi connectivity index (χ1) is 16.2. The Balaban J connectivity index is 0.000000429. The Morgan fingerprint density at radius 2 is 1.69 bits per heavy atom. The number of likely N-dealkylation sites (tertiary alicyclic amines) is 1. The zero-order valence-electron chi connectivity index (χ0n) is 20.8. The number of carbonyl (C=O) groups excluding carboxylic acids is 1. The third-order valence-electron chi connectivity index (χ3n) is 6.62. The molecule has 1 spiro atoms. The van der Waals surface area contributed by atoms with Gasteiger partial charge in [-0.05, 0) is 59.2 Å². The highest BCUT2D eigenvalue weighted by atomic mass is 19.4. The van der Waals surface area contributed by atoms with E-state index in [1.165, 1.54) is 16.7 Å². The first kappa shape index (κ1) is 26.7. The molecular weight excluding hydrogens is 461 g/mol. The minimum atomic E-state index is -5.08. The Kier molecular flexibility index (Phi) is 7.64. The lowest BCUT2D eigenvalue weighted by Gasteiger charge is -2.45. The van der Waals surface area contributed by atoms with Crippen LogP contribution in [-0.2, 0) is 16.8 Å². The van der Waals surface area contributed by atoms with Gasteiger partial charge in [-0.2, -0.15) is 18.3 Å². The van der Waals surface area contributed by atoms with Crippen molar-refractivity contribution in [1.82, 2.24) is 19.6 Å². The molecule has 1 fully saturated rings. The molecule has 1 N–H and O–H groups in total. The Bertz CT molecular complexity index is 1070. The molecule has 2 aromatic rings. The number of carboxylic acids is 1. The van der Waals surface area contributed by atoms with Crippen LogP contribution in [0, 0.1) is 13.8 Å². The number of fused-ring (bicyclic) bond motifs is 2. The van der Waals surface area contributed by atoms with Crippen molar-refractivity contribution >= 4 is 11.9 Å². The number of piperidine rings is 1. The number of halogens is 3. The monoisotopic (exact) mass is 494 g/mol. The zero-order chi connectivity index (χ0) is 26.1. The molecule has 10 heteroatoms. The lowest BCUT2D eigenvalue weighted by molar-refractivity contribution is -0.192. The molecule has 0 bridgehead atoms. The van der Waals surface area contributed by atoms with Crippen molar-refractivity contribution in [2.75, 3.05) is 26.7 Å². The summed E-state index contributed by atoms with van der Waals surface area (Å²) in [5, 5.41) is 12.0. The van der Waals surface area contributed by atoms with E-state index in [4.69, 9.17) is 15.0 Å². The Hall–Kier alpha value is -2.88. The van der Waals surface area contributed by atoms with E-state index >= 15 is 0 Å². The first-order valence-electron chi connectivity index (χ1n) is 11.7. The number of rotatable bonds is 3. The molecule has 4 rings (SSSR count). The summed E-state index contributed by atoms with van der Waals surface area (Å²) in [5.41, 5.74) is 5.91. The highest BCUT2D eigenvalue weighted by molar-refractivity contribution is 5.96. The summed E-state index contributed by atoms with van der Waals surface area (Å²) in [6.45, 7) is 12.4. The molecule has 0 atom stereocenters. The number of nitrogens with zero attached hydrogens (tertiary/aromatic N) is 4. The highest BCUT2D eigenvalue weighted by Gasteiger charge is 2.46. The van der Waals surface area contributed by atoms with E-state index in [-0.39, 0.29) is 17.4 Å². The van der Waals surface area contributed by atoms with Gasteiger partial charge >= 0.3 is 12.1 Å². The molecule has 3 heterocycles. The third-order valence-corrected chi connectivity index (χ3v) is 6.62. The molecule has 2 aliphatic heterocycles. The number of aryl methyl sites for hydroxylation is 2. The van der Waals surface area contributed by atoms with Crippen molar-refractivity contribution in [2.45, 2.75) is 64.7 Å². The van der Waals surface area contributed by atoms with Gasteiger partial charge < -0.3 is 10.0 Å². The topological polar surface area (TPSA) is 78.7 Å². The Morgan fingerprint density at radius 3 is 2.17 bits per heavy atom. The molecule has 0 aliphatic carbocycles. The van der Waals surface area contributed by atoms with Gasteiger partial charge in [-0.1, -0.05) is 29.3 Å². The third kappa shape index (κ3) is 6.04. The standard InChI is InChI=1S/C23H32N4O.C2HF3O2/c1-16(2)27-14-20-21(24-27)23(15-25(5)22(20)28)6-8-26(9-7-23)13-19-11-17(3)10-18(4)12-19;3-2(4,5)1(6)7/h10-12,14,16H,6-9,13,15H2,1-5H3;(H,6,7). The van der Waals surface area contributed by atoms with Gasteiger partial charge in [-0.15, -0.1) is 0 Å². The van der Waals surface area contributed by atoms with Crippen molar-refractivity contribution < 1.29 is 27.9 Å². The highest BCUT2D eigenvalue weighted by Crippen LogP contribution is 2.41. The normalized spacial score (nSPS) is 17.9. The van der Waals surface area contributed by atoms with Crippen LogP contribution in [0.3, 0.4) is 0 Å². The van der Waals surface area contributed by atoms with Crippen LogP contribution >= 0.6 is 0 Å². The molecule has 1 aromatic carbocycles. The van der Waals surface area contributed by atoms with Gasteiger partial charge in [0.05, 0.1) is 11.3 Å². The SMILES string of the molecule is Cc1cc(C)cc(CN2CCC3(CC2)CN(C)C(=O)c2cn(C(C)C)nc23)c1.O=C(O)C(F)(F)F. The van der Waals surface area contributed by atoms with E-state index in [1.807, 2.05) is 22.8 Å². The summed E-state index contributed by atoms with van der Waals surface area (Å²) >= 11 is 0. The first-order valence-corrected chi connectivity index (χ1v) is 11.7. The average molecular weight is 495 g/mol. The predicted octanol–water partition coefficient (Wildman–Crippen LogP) is 4.33. The molecule has 0 radical (unpaired) electrons. The maximum atomic E-state index is 12.7. The van der Waals surface area contributed by atoms with E-state index in [9.17, 15) is 18.0 Å². The number of amides is 1. The van der Waals surface area contributed by atoms with Crippen LogP contribution in [0.4, 0.5) is 13.2 Å². The summed E-state index contributed by atoms with van der Waals surface area (Å²) in [6, 6.07) is 7.10. The molecule has 1 aromatic heterocycles. The van der Waals surface area contributed by atoms with Crippen LogP contribution in [0.1, 0.15) is 65.5 Å². The second-order valence-corrected chi connectivity index (χ2v) is 9.98. The molecule has 35 heavy (non-hydrogen) atoms. The van der Waals surface area contributed by atoms with Crippen LogP contribution in [0.25, 0.3) is 0 Å². The number of aliphatic carboxylic acids is 1. The second-order valence-electron chi connectivity index (χ2n) is 9.98. The molecule has 2 aliphatic rings. The summed E-state index contributed by atoms with van der Waals surface area (Å²) in [6.07, 6.45) is -1.02. The number of benzene rings is 1. The smallest absolute Gasteiger partial charge is 0.475 e. The number of carboxylic acid groups (broad SMARTS) is 1. The van der Waals surface area contributed by atoms with Crippen molar-refractivity contribution in [3.8, 4) is 0 Å². The summed E-state index contributed by atoms with van der Waals surface area (Å²) in [7, 11) is 1.93. The van der Waals surface area contributed by atoms with E-state index < -0.39 is 12.1 Å². The minimum absolute atomic E-state index is 0.00282. The maximum absolute atomic E-state index is 12.7. The van der Waals surface area contributed by atoms with Crippen LogP contribution in [0.2, 0.25) is 0 Å². The molecular formula is C25H33F3N4O3. The summed E-state index contributed by atoms with van der Waals surface area (Å²) < 4.78 is 33.7. The predicted molar refractivity (Wildman–Crippen MR) is 125 cm³/mol. The summed E-state index contributed by atoms with van der Waals surface area (Å²) in [4.78, 5) is 26.1. The van der Waals surface area contributed by atoms with Crippen LogP contribution in [0.5, 0.6) is 0 Å². The van der Waals surface area contributed by atoms with Gasteiger partial charge in [0.2, 0.25) is 0 Å². The number of hydrogen-bond donors (Lipinski definition) is 1. The molecule has 7 nitrogen and oxygen atoms in total. The van der Waals surface area contributed by atoms with E-state index in [1.54, 1.807) is 0 Å². The Labute approximate surface area is 203 Å². The van der Waals surface area contributed by atoms with Gasteiger partial charge in [0.25, 0.3) is 5.91 Å².